The molecular formula is C12H13FN6O. The number of amides is 1. The SMILES string of the molecule is O=C(Nc1cn[nH]c1)C1CCN(c2ncc(F)cn2)C1. The number of rotatable bonds is 3. The minimum absolute atomic E-state index is 0.0592. The van der Waals surface area contributed by atoms with Crippen LogP contribution >= 0.6 is 0 Å². The Hall–Kier alpha value is -2.51. The molecule has 104 valence electrons. The van der Waals surface area contributed by atoms with E-state index >= 15 is 0 Å². The zero-order valence-electron chi connectivity index (χ0n) is 10.6. The van der Waals surface area contributed by atoms with Crippen LogP contribution in [0.4, 0.5) is 16.0 Å². The molecule has 2 aromatic heterocycles. The van der Waals surface area contributed by atoms with E-state index in [0.717, 1.165) is 12.4 Å². The molecule has 1 atom stereocenters. The van der Waals surface area contributed by atoms with E-state index in [1.165, 1.54) is 0 Å². The molecule has 0 saturated carbocycles. The summed E-state index contributed by atoms with van der Waals surface area (Å²) in [5.41, 5.74) is 0.645. The molecule has 0 aliphatic carbocycles. The topological polar surface area (TPSA) is 86.8 Å². The average molecular weight is 276 g/mol. The second-order valence-electron chi connectivity index (χ2n) is 4.61. The molecule has 2 N–H and O–H groups in total. The minimum atomic E-state index is -0.470. The number of aromatic amines is 1. The first-order valence-corrected chi connectivity index (χ1v) is 6.24. The summed E-state index contributed by atoms with van der Waals surface area (Å²) >= 11 is 0. The second kappa shape index (κ2) is 5.24. The molecule has 8 heteroatoms. The number of anilines is 2. The number of H-pyrrole nitrogens is 1. The van der Waals surface area contributed by atoms with E-state index in [4.69, 9.17) is 0 Å². The van der Waals surface area contributed by atoms with Crippen molar-refractivity contribution in [3.05, 3.63) is 30.6 Å². The third kappa shape index (κ3) is 2.58. The van der Waals surface area contributed by atoms with Crippen LogP contribution in [-0.4, -0.2) is 39.2 Å². The van der Waals surface area contributed by atoms with E-state index in [-0.39, 0.29) is 11.8 Å². The van der Waals surface area contributed by atoms with Gasteiger partial charge >= 0.3 is 0 Å². The van der Waals surface area contributed by atoms with Gasteiger partial charge in [-0.1, -0.05) is 0 Å². The van der Waals surface area contributed by atoms with Crippen molar-refractivity contribution in [1.82, 2.24) is 20.2 Å². The summed E-state index contributed by atoms with van der Waals surface area (Å²) < 4.78 is 12.8. The number of carbonyl (C=O) groups is 1. The van der Waals surface area contributed by atoms with Crippen LogP contribution in [0.5, 0.6) is 0 Å². The summed E-state index contributed by atoms with van der Waals surface area (Å²) in [6.45, 7) is 1.20. The third-order valence-corrected chi connectivity index (χ3v) is 3.21. The number of carbonyl (C=O) groups excluding carboxylic acids is 1. The predicted octanol–water partition coefficient (Wildman–Crippen LogP) is 0.804. The van der Waals surface area contributed by atoms with Gasteiger partial charge in [0.2, 0.25) is 11.9 Å². The number of hydrogen-bond acceptors (Lipinski definition) is 5. The van der Waals surface area contributed by atoms with Crippen molar-refractivity contribution in [2.45, 2.75) is 6.42 Å². The summed E-state index contributed by atoms with van der Waals surface area (Å²) in [7, 11) is 0. The van der Waals surface area contributed by atoms with E-state index in [1.807, 2.05) is 4.90 Å². The van der Waals surface area contributed by atoms with Gasteiger partial charge in [0.1, 0.15) is 0 Å². The lowest BCUT2D eigenvalue weighted by molar-refractivity contribution is -0.119. The van der Waals surface area contributed by atoms with Crippen LogP contribution in [0.1, 0.15) is 6.42 Å². The summed E-state index contributed by atoms with van der Waals surface area (Å²) in [6, 6.07) is 0. The smallest absolute Gasteiger partial charge is 0.229 e. The van der Waals surface area contributed by atoms with Crippen LogP contribution in [0, 0.1) is 11.7 Å². The van der Waals surface area contributed by atoms with Crippen LogP contribution < -0.4 is 10.2 Å². The Labute approximate surface area is 114 Å². The number of nitrogens with one attached hydrogen (secondary N) is 2. The Bertz CT molecular complexity index is 585. The van der Waals surface area contributed by atoms with Crippen molar-refractivity contribution in [3.8, 4) is 0 Å². The molecule has 2 aromatic rings. The summed E-state index contributed by atoms with van der Waals surface area (Å²) in [4.78, 5) is 21.8. The lowest BCUT2D eigenvalue weighted by Gasteiger charge is -2.15. The van der Waals surface area contributed by atoms with Gasteiger partial charge in [-0.05, 0) is 6.42 Å². The molecule has 1 fully saturated rings. The summed E-state index contributed by atoms with van der Waals surface area (Å²) in [5.74, 6) is -0.221. The Kier molecular flexibility index (Phi) is 3.28. The Morgan fingerprint density at radius 3 is 2.90 bits per heavy atom. The van der Waals surface area contributed by atoms with Crippen LogP contribution in [0.15, 0.2) is 24.8 Å². The fourth-order valence-electron chi connectivity index (χ4n) is 2.19. The van der Waals surface area contributed by atoms with Crippen molar-refractivity contribution >= 4 is 17.5 Å². The number of halogens is 1. The average Bonchev–Trinajstić information content (AvgIpc) is 3.10. The zero-order valence-corrected chi connectivity index (χ0v) is 10.6. The molecule has 3 rings (SSSR count). The van der Waals surface area contributed by atoms with Gasteiger partial charge in [0.15, 0.2) is 5.82 Å². The van der Waals surface area contributed by atoms with Crippen LogP contribution in [0.3, 0.4) is 0 Å². The van der Waals surface area contributed by atoms with Gasteiger partial charge in [-0.25, -0.2) is 14.4 Å². The highest BCUT2D eigenvalue weighted by molar-refractivity contribution is 5.93. The van der Waals surface area contributed by atoms with Crippen molar-refractivity contribution in [3.63, 3.8) is 0 Å². The molecule has 0 radical (unpaired) electrons. The van der Waals surface area contributed by atoms with E-state index in [2.05, 4.69) is 25.5 Å². The summed E-state index contributed by atoms with van der Waals surface area (Å²) in [6.07, 6.45) is 6.13. The number of aromatic nitrogens is 4. The van der Waals surface area contributed by atoms with Gasteiger partial charge in [0, 0.05) is 19.3 Å². The van der Waals surface area contributed by atoms with Gasteiger partial charge in [0.05, 0.1) is 30.2 Å². The monoisotopic (exact) mass is 276 g/mol. The third-order valence-electron chi connectivity index (χ3n) is 3.21. The van der Waals surface area contributed by atoms with Crippen molar-refractivity contribution in [2.75, 3.05) is 23.3 Å². The first-order chi connectivity index (χ1) is 9.72. The fraction of sp³-hybridized carbons (Fsp3) is 0.333. The lowest BCUT2D eigenvalue weighted by Crippen LogP contribution is -2.27. The lowest BCUT2D eigenvalue weighted by atomic mass is 10.1. The van der Waals surface area contributed by atoms with E-state index in [9.17, 15) is 9.18 Å². The molecule has 1 saturated heterocycles. The maximum Gasteiger partial charge on any atom is 0.229 e. The molecule has 7 nitrogen and oxygen atoms in total. The van der Waals surface area contributed by atoms with Crippen LogP contribution in [-0.2, 0) is 4.79 Å². The predicted molar refractivity (Wildman–Crippen MR) is 69.5 cm³/mol. The maximum absolute atomic E-state index is 12.8. The number of nitrogens with zero attached hydrogens (tertiary/aromatic N) is 4. The van der Waals surface area contributed by atoms with Gasteiger partial charge in [0.25, 0.3) is 0 Å². The molecule has 1 aliphatic heterocycles. The van der Waals surface area contributed by atoms with Crippen LogP contribution in [0.25, 0.3) is 0 Å². The zero-order chi connectivity index (χ0) is 13.9. The van der Waals surface area contributed by atoms with Gasteiger partial charge in [-0.3, -0.25) is 9.89 Å². The van der Waals surface area contributed by atoms with Crippen LogP contribution in [0.2, 0.25) is 0 Å². The van der Waals surface area contributed by atoms with E-state index in [0.29, 0.717) is 31.1 Å². The molecule has 1 unspecified atom stereocenters. The highest BCUT2D eigenvalue weighted by Gasteiger charge is 2.29. The fourth-order valence-corrected chi connectivity index (χ4v) is 2.19. The molecule has 3 heterocycles. The molecule has 0 aromatic carbocycles. The second-order valence-corrected chi connectivity index (χ2v) is 4.61. The Balaban J connectivity index is 1.61. The molecule has 0 spiro atoms. The number of hydrogen-bond donors (Lipinski definition) is 2. The van der Waals surface area contributed by atoms with E-state index < -0.39 is 5.82 Å². The molecular weight excluding hydrogens is 263 g/mol. The Morgan fingerprint density at radius 1 is 1.40 bits per heavy atom. The van der Waals surface area contributed by atoms with Crippen molar-refractivity contribution < 1.29 is 9.18 Å². The standard InChI is InChI=1S/C12H13FN6O/c13-9-3-14-12(15-4-9)19-2-1-8(7-19)11(20)18-10-5-16-17-6-10/h3-6,8H,1-2,7H2,(H,16,17)(H,18,20). The molecule has 1 aliphatic rings. The first-order valence-electron chi connectivity index (χ1n) is 6.24. The normalized spacial score (nSPS) is 18.2. The molecule has 1 amide bonds. The van der Waals surface area contributed by atoms with Gasteiger partial charge < -0.3 is 10.2 Å². The minimum Gasteiger partial charge on any atom is -0.340 e. The molecule has 0 bridgehead atoms. The van der Waals surface area contributed by atoms with Gasteiger partial charge in [-0.2, -0.15) is 5.10 Å². The highest BCUT2D eigenvalue weighted by Crippen LogP contribution is 2.21. The van der Waals surface area contributed by atoms with E-state index in [1.54, 1.807) is 12.4 Å². The van der Waals surface area contributed by atoms with Gasteiger partial charge in [-0.15, -0.1) is 0 Å². The largest absolute Gasteiger partial charge is 0.340 e. The summed E-state index contributed by atoms with van der Waals surface area (Å²) in [5, 5.41) is 9.19. The maximum atomic E-state index is 12.8. The highest BCUT2D eigenvalue weighted by atomic mass is 19.1. The Morgan fingerprint density at radius 2 is 2.20 bits per heavy atom. The molecule has 20 heavy (non-hydrogen) atoms. The quantitative estimate of drug-likeness (QED) is 0.866. The van der Waals surface area contributed by atoms with Crippen molar-refractivity contribution in [1.29, 1.82) is 0 Å². The van der Waals surface area contributed by atoms with Crippen molar-refractivity contribution in [2.24, 2.45) is 5.92 Å². The first kappa shape index (κ1) is 12.5.